The first-order chi connectivity index (χ1) is 7.04. The third kappa shape index (κ3) is 3.32. The van der Waals surface area contributed by atoms with E-state index in [1.807, 2.05) is 0 Å². The van der Waals surface area contributed by atoms with Crippen molar-refractivity contribution in [2.24, 2.45) is 5.16 Å². The average Bonchev–Trinajstić information content (AvgIpc) is 2.16. The average molecular weight is 254 g/mol. The fraction of sp³-hybridized carbons (Fsp3) is 0.222. The van der Waals surface area contributed by atoms with Gasteiger partial charge < -0.3 is 5.21 Å². The van der Waals surface area contributed by atoms with Crippen molar-refractivity contribution in [3.8, 4) is 0 Å². The highest BCUT2D eigenvalue weighted by Gasteiger charge is 2.15. The Morgan fingerprint density at radius 3 is 2.53 bits per heavy atom. The highest BCUT2D eigenvalue weighted by Crippen LogP contribution is 2.22. The molecule has 0 saturated heterocycles. The summed E-state index contributed by atoms with van der Waals surface area (Å²) in [5.74, 6) is 0. The minimum atomic E-state index is -2.80. The number of rotatable bonds is 3. The van der Waals surface area contributed by atoms with Gasteiger partial charge >= 0.3 is 0 Å². The first-order valence-corrected chi connectivity index (χ1v) is 4.73. The monoisotopic (exact) mass is 253 g/mol. The molecule has 0 heterocycles. The van der Waals surface area contributed by atoms with Crippen LogP contribution in [0.1, 0.15) is 5.56 Å². The quantitative estimate of drug-likeness (QED) is 0.498. The Labute approximate surface area is 95.1 Å². The van der Waals surface area contributed by atoms with E-state index in [2.05, 4.69) is 5.16 Å². The SMILES string of the molecule is O/N=C(\Cc1ccc(Cl)cc1Cl)C(F)F. The van der Waals surface area contributed by atoms with Gasteiger partial charge in [-0.25, -0.2) is 8.78 Å². The highest BCUT2D eigenvalue weighted by molar-refractivity contribution is 6.35. The van der Waals surface area contributed by atoms with Crippen LogP contribution >= 0.6 is 23.2 Å². The zero-order valence-corrected chi connectivity index (χ0v) is 8.93. The fourth-order valence-electron chi connectivity index (χ4n) is 1.02. The second kappa shape index (κ2) is 5.28. The summed E-state index contributed by atoms with van der Waals surface area (Å²) in [5.41, 5.74) is -0.187. The van der Waals surface area contributed by atoms with E-state index < -0.39 is 12.1 Å². The van der Waals surface area contributed by atoms with Crippen LogP contribution in [0.15, 0.2) is 23.4 Å². The molecule has 1 rings (SSSR count). The van der Waals surface area contributed by atoms with Gasteiger partial charge in [-0.2, -0.15) is 0 Å². The first-order valence-electron chi connectivity index (χ1n) is 3.97. The second-order valence-corrected chi connectivity index (χ2v) is 3.65. The Morgan fingerprint density at radius 1 is 1.40 bits per heavy atom. The zero-order valence-electron chi connectivity index (χ0n) is 7.42. The standard InChI is InChI=1S/C9H7Cl2F2NO/c10-6-2-1-5(7(11)4-6)3-8(14-15)9(12)13/h1-2,4,9,15H,3H2/b14-8+. The Kier molecular flexibility index (Phi) is 4.29. The predicted octanol–water partition coefficient (Wildman–Crippen LogP) is 3.63. The molecule has 0 unspecified atom stereocenters. The number of benzene rings is 1. The van der Waals surface area contributed by atoms with Gasteiger partial charge in [0.2, 0.25) is 0 Å². The van der Waals surface area contributed by atoms with E-state index in [0.717, 1.165) is 0 Å². The normalized spacial score (nSPS) is 12.2. The molecule has 1 aromatic rings. The molecule has 82 valence electrons. The number of alkyl halides is 2. The van der Waals surface area contributed by atoms with Gasteiger partial charge in [-0.05, 0) is 17.7 Å². The van der Waals surface area contributed by atoms with Crippen molar-refractivity contribution in [3.05, 3.63) is 33.8 Å². The first kappa shape index (κ1) is 12.2. The summed E-state index contributed by atoms with van der Waals surface area (Å²) in [5, 5.41) is 11.6. The molecule has 0 aliphatic carbocycles. The Balaban J connectivity index is 2.89. The molecule has 0 aliphatic heterocycles. The number of halogens is 4. The van der Waals surface area contributed by atoms with Crippen molar-refractivity contribution in [2.75, 3.05) is 0 Å². The molecule has 15 heavy (non-hydrogen) atoms. The molecule has 0 bridgehead atoms. The van der Waals surface area contributed by atoms with Crippen LogP contribution in [-0.4, -0.2) is 17.3 Å². The summed E-state index contributed by atoms with van der Waals surface area (Å²) in [7, 11) is 0. The van der Waals surface area contributed by atoms with Gasteiger partial charge in [-0.3, -0.25) is 0 Å². The summed E-state index contributed by atoms with van der Waals surface area (Å²) in [6.45, 7) is 0. The van der Waals surface area contributed by atoms with Crippen molar-refractivity contribution in [2.45, 2.75) is 12.8 Å². The van der Waals surface area contributed by atoms with E-state index in [9.17, 15) is 8.78 Å². The van der Waals surface area contributed by atoms with Crippen LogP contribution in [0, 0.1) is 0 Å². The maximum atomic E-state index is 12.2. The number of hydrogen-bond donors (Lipinski definition) is 1. The van der Waals surface area contributed by atoms with Crippen LogP contribution in [-0.2, 0) is 6.42 Å². The van der Waals surface area contributed by atoms with E-state index in [4.69, 9.17) is 28.4 Å². The van der Waals surface area contributed by atoms with Crippen molar-refractivity contribution in [1.29, 1.82) is 0 Å². The smallest absolute Gasteiger partial charge is 0.280 e. The summed E-state index contributed by atoms with van der Waals surface area (Å²) >= 11 is 11.4. The van der Waals surface area contributed by atoms with Gasteiger partial charge in [0.05, 0.1) is 0 Å². The lowest BCUT2D eigenvalue weighted by atomic mass is 10.1. The lowest BCUT2D eigenvalue weighted by Gasteiger charge is -2.05. The Morgan fingerprint density at radius 2 is 2.07 bits per heavy atom. The molecule has 0 aliphatic rings. The summed E-state index contributed by atoms with van der Waals surface area (Å²) in [6, 6.07) is 4.49. The molecule has 0 spiro atoms. The molecule has 0 atom stereocenters. The molecule has 1 N–H and O–H groups in total. The van der Waals surface area contributed by atoms with Crippen molar-refractivity contribution >= 4 is 28.9 Å². The van der Waals surface area contributed by atoms with E-state index in [1.54, 1.807) is 0 Å². The van der Waals surface area contributed by atoms with E-state index in [-0.39, 0.29) is 11.4 Å². The largest absolute Gasteiger partial charge is 0.411 e. The summed E-state index contributed by atoms with van der Waals surface area (Å²) in [6.07, 6.45) is -3.01. The zero-order chi connectivity index (χ0) is 11.4. The topological polar surface area (TPSA) is 32.6 Å². The lowest BCUT2D eigenvalue weighted by molar-refractivity contribution is 0.212. The van der Waals surface area contributed by atoms with Gasteiger partial charge in [0.15, 0.2) is 0 Å². The van der Waals surface area contributed by atoms with Crippen molar-refractivity contribution < 1.29 is 14.0 Å². The molecule has 0 amide bonds. The number of nitrogens with zero attached hydrogens (tertiary/aromatic N) is 1. The minimum Gasteiger partial charge on any atom is -0.411 e. The molecule has 0 radical (unpaired) electrons. The summed E-state index contributed by atoms with van der Waals surface area (Å²) < 4.78 is 24.5. The molecule has 1 aromatic carbocycles. The molecule has 6 heteroatoms. The van der Waals surface area contributed by atoms with Crippen LogP contribution in [0.3, 0.4) is 0 Å². The Hall–Kier alpha value is -0.870. The van der Waals surface area contributed by atoms with Gasteiger partial charge in [0.1, 0.15) is 5.71 Å². The number of hydrogen-bond acceptors (Lipinski definition) is 2. The molecule has 0 aromatic heterocycles. The third-order valence-electron chi connectivity index (χ3n) is 1.77. The molecule has 2 nitrogen and oxygen atoms in total. The van der Waals surface area contributed by atoms with E-state index in [1.165, 1.54) is 18.2 Å². The van der Waals surface area contributed by atoms with E-state index in [0.29, 0.717) is 10.6 Å². The van der Waals surface area contributed by atoms with Crippen LogP contribution < -0.4 is 0 Å². The maximum absolute atomic E-state index is 12.2. The van der Waals surface area contributed by atoms with Crippen LogP contribution in [0.2, 0.25) is 10.0 Å². The summed E-state index contributed by atoms with van der Waals surface area (Å²) in [4.78, 5) is 0. The molecule has 0 saturated carbocycles. The van der Waals surface area contributed by atoms with Gasteiger partial charge in [-0.15, -0.1) is 0 Å². The fourth-order valence-corrected chi connectivity index (χ4v) is 1.49. The lowest BCUT2D eigenvalue weighted by Crippen LogP contribution is -2.13. The van der Waals surface area contributed by atoms with Crippen LogP contribution in [0.5, 0.6) is 0 Å². The third-order valence-corrected chi connectivity index (χ3v) is 2.35. The molecular formula is C9H7Cl2F2NO. The van der Waals surface area contributed by atoms with E-state index >= 15 is 0 Å². The van der Waals surface area contributed by atoms with Crippen LogP contribution in [0.25, 0.3) is 0 Å². The molecule has 0 fully saturated rings. The van der Waals surface area contributed by atoms with Crippen LogP contribution in [0.4, 0.5) is 8.78 Å². The van der Waals surface area contributed by atoms with Gasteiger partial charge in [-0.1, -0.05) is 34.4 Å². The van der Waals surface area contributed by atoms with Crippen molar-refractivity contribution in [3.63, 3.8) is 0 Å². The highest BCUT2D eigenvalue weighted by atomic mass is 35.5. The predicted molar refractivity (Wildman–Crippen MR) is 55.4 cm³/mol. The van der Waals surface area contributed by atoms with Gasteiger partial charge in [0.25, 0.3) is 6.43 Å². The van der Waals surface area contributed by atoms with Crippen molar-refractivity contribution in [1.82, 2.24) is 0 Å². The second-order valence-electron chi connectivity index (χ2n) is 2.80. The number of oxime groups is 1. The Bertz CT molecular complexity index is 382. The van der Waals surface area contributed by atoms with Gasteiger partial charge in [0, 0.05) is 16.5 Å². The minimum absolute atomic E-state index is 0.204. The maximum Gasteiger partial charge on any atom is 0.280 e. The molecular weight excluding hydrogens is 247 g/mol.